The van der Waals surface area contributed by atoms with E-state index in [4.69, 9.17) is 4.74 Å². The summed E-state index contributed by atoms with van der Waals surface area (Å²) in [6.07, 6.45) is 3.81. The first-order chi connectivity index (χ1) is 7.79. The van der Waals surface area contributed by atoms with Crippen LogP contribution in [0, 0.1) is 0 Å². The van der Waals surface area contributed by atoms with E-state index in [1.54, 1.807) is 0 Å². The summed E-state index contributed by atoms with van der Waals surface area (Å²) in [4.78, 5) is 4.62. The highest BCUT2D eigenvalue weighted by Crippen LogP contribution is 2.21. The number of anilines is 1. The molecule has 1 atom stereocenters. The molecule has 16 heavy (non-hydrogen) atoms. The van der Waals surface area contributed by atoms with E-state index in [0.29, 0.717) is 0 Å². The lowest BCUT2D eigenvalue weighted by molar-refractivity contribution is 0.0855. The highest BCUT2D eigenvalue weighted by Gasteiger charge is 2.12. The van der Waals surface area contributed by atoms with Gasteiger partial charge in [0.1, 0.15) is 5.82 Å². The summed E-state index contributed by atoms with van der Waals surface area (Å²) in [5.74, 6) is 0.979. The van der Waals surface area contributed by atoms with Crippen LogP contribution in [0.15, 0.2) is 12.1 Å². The van der Waals surface area contributed by atoms with Gasteiger partial charge < -0.3 is 10.1 Å². The molecule has 88 valence electrons. The van der Waals surface area contributed by atoms with Gasteiger partial charge >= 0.3 is 0 Å². The second kappa shape index (κ2) is 5.30. The zero-order valence-electron chi connectivity index (χ0n) is 10.1. The minimum Gasteiger partial charge on any atom is -0.377 e. The first kappa shape index (κ1) is 11.4. The predicted molar refractivity (Wildman–Crippen MR) is 65.8 cm³/mol. The largest absolute Gasteiger partial charge is 0.377 e. The number of aromatic nitrogens is 1. The average molecular weight is 220 g/mol. The molecule has 0 spiro atoms. The van der Waals surface area contributed by atoms with Gasteiger partial charge in [-0.2, -0.15) is 0 Å². The monoisotopic (exact) mass is 220 g/mol. The van der Waals surface area contributed by atoms with Gasteiger partial charge in [0.25, 0.3) is 0 Å². The smallest absolute Gasteiger partial charge is 0.126 e. The van der Waals surface area contributed by atoms with Crippen LogP contribution in [0.2, 0.25) is 0 Å². The number of fused-ring (bicyclic) bond motifs is 1. The Labute approximate surface area is 97.2 Å². The van der Waals surface area contributed by atoms with E-state index in [1.807, 2.05) is 6.92 Å². The average Bonchev–Trinajstić information content (AvgIpc) is 2.74. The van der Waals surface area contributed by atoms with E-state index >= 15 is 0 Å². The van der Waals surface area contributed by atoms with Gasteiger partial charge in [0.2, 0.25) is 0 Å². The second-order valence-electron chi connectivity index (χ2n) is 4.30. The van der Waals surface area contributed by atoms with E-state index in [0.717, 1.165) is 25.4 Å². The highest BCUT2D eigenvalue weighted by molar-refractivity contribution is 5.40. The third-order valence-electron chi connectivity index (χ3n) is 2.95. The quantitative estimate of drug-likeness (QED) is 0.827. The van der Waals surface area contributed by atoms with Gasteiger partial charge in [0.15, 0.2) is 0 Å². The molecule has 2 rings (SSSR count). The lowest BCUT2D eigenvalue weighted by Gasteiger charge is -2.13. The number of rotatable bonds is 5. The van der Waals surface area contributed by atoms with Crippen molar-refractivity contribution in [1.29, 1.82) is 0 Å². The lowest BCUT2D eigenvalue weighted by Crippen LogP contribution is -2.20. The number of nitrogens with zero attached hydrogens (tertiary/aromatic N) is 1. The van der Waals surface area contributed by atoms with Crippen molar-refractivity contribution < 1.29 is 4.74 Å². The molecular weight excluding hydrogens is 200 g/mol. The number of nitrogens with one attached hydrogen (secondary N) is 1. The van der Waals surface area contributed by atoms with Crippen LogP contribution in [0.1, 0.15) is 31.5 Å². The fourth-order valence-corrected chi connectivity index (χ4v) is 2.11. The van der Waals surface area contributed by atoms with E-state index in [1.165, 1.54) is 24.1 Å². The van der Waals surface area contributed by atoms with Crippen molar-refractivity contribution >= 4 is 5.82 Å². The van der Waals surface area contributed by atoms with E-state index in [-0.39, 0.29) is 6.10 Å². The Morgan fingerprint density at radius 3 is 3.12 bits per heavy atom. The fourth-order valence-electron chi connectivity index (χ4n) is 2.11. The molecule has 1 heterocycles. The van der Waals surface area contributed by atoms with Crippen LogP contribution in [0.4, 0.5) is 5.82 Å². The first-order valence-corrected chi connectivity index (χ1v) is 6.14. The molecule has 0 aliphatic heterocycles. The molecule has 1 aliphatic carbocycles. The third kappa shape index (κ3) is 2.73. The molecule has 0 bridgehead atoms. The van der Waals surface area contributed by atoms with E-state index < -0.39 is 0 Å². The van der Waals surface area contributed by atoms with Crippen LogP contribution in [-0.4, -0.2) is 24.2 Å². The molecule has 0 aromatic carbocycles. The molecule has 0 fully saturated rings. The Bertz CT molecular complexity index is 352. The summed E-state index contributed by atoms with van der Waals surface area (Å²) in [6, 6.07) is 4.27. The van der Waals surface area contributed by atoms with Crippen LogP contribution >= 0.6 is 0 Å². The van der Waals surface area contributed by atoms with Gasteiger partial charge in [-0.25, -0.2) is 4.98 Å². The van der Waals surface area contributed by atoms with Crippen LogP contribution in [0.25, 0.3) is 0 Å². The Morgan fingerprint density at radius 1 is 1.44 bits per heavy atom. The predicted octanol–water partition coefficient (Wildman–Crippen LogP) is 2.41. The van der Waals surface area contributed by atoms with Gasteiger partial charge in [-0.05, 0) is 44.7 Å². The van der Waals surface area contributed by atoms with Crippen LogP contribution < -0.4 is 5.32 Å². The van der Waals surface area contributed by atoms with Crippen LogP contribution in [0.3, 0.4) is 0 Å². The maximum Gasteiger partial charge on any atom is 0.126 e. The van der Waals surface area contributed by atoms with Crippen molar-refractivity contribution in [3.63, 3.8) is 0 Å². The van der Waals surface area contributed by atoms with Gasteiger partial charge in [0.05, 0.1) is 6.10 Å². The van der Waals surface area contributed by atoms with Gasteiger partial charge in [0, 0.05) is 18.8 Å². The molecule has 1 unspecified atom stereocenters. The van der Waals surface area contributed by atoms with Crippen molar-refractivity contribution in [3.05, 3.63) is 23.4 Å². The Hall–Kier alpha value is -1.09. The summed E-state index contributed by atoms with van der Waals surface area (Å²) < 4.78 is 5.47. The number of ether oxygens (including phenoxy) is 1. The maximum absolute atomic E-state index is 5.47. The zero-order valence-corrected chi connectivity index (χ0v) is 10.1. The minimum absolute atomic E-state index is 0.236. The van der Waals surface area contributed by atoms with Crippen molar-refractivity contribution in [2.75, 3.05) is 18.5 Å². The minimum atomic E-state index is 0.236. The molecule has 3 nitrogen and oxygen atoms in total. The van der Waals surface area contributed by atoms with Crippen LogP contribution in [0.5, 0.6) is 0 Å². The summed E-state index contributed by atoms with van der Waals surface area (Å²) in [5.41, 5.74) is 2.69. The van der Waals surface area contributed by atoms with Crippen molar-refractivity contribution in [1.82, 2.24) is 4.98 Å². The molecule has 1 aromatic rings. The Kier molecular flexibility index (Phi) is 3.78. The Morgan fingerprint density at radius 2 is 2.31 bits per heavy atom. The topological polar surface area (TPSA) is 34.1 Å². The summed E-state index contributed by atoms with van der Waals surface area (Å²) in [6.45, 7) is 5.67. The zero-order chi connectivity index (χ0) is 11.4. The summed E-state index contributed by atoms with van der Waals surface area (Å²) in [5, 5.41) is 3.32. The van der Waals surface area contributed by atoms with E-state index in [9.17, 15) is 0 Å². The first-order valence-electron chi connectivity index (χ1n) is 6.14. The fraction of sp³-hybridized carbons (Fsp3) is 0.615. The Balaban J connectivity index is 1.90. The molecule has 0 radical (unpaired) electrons. The summed E-state index contributed by atoms with van der Waals surface area (Å²) in [7, 11) is 0. The van der Waals surface area contributed by atoms with Crippen molar-refractivity contribution in [2.45, 2.75) is 39.2 Å². The second-order valence-corrected chi connectivity index (χ2v) is 4.30. The van der Waals surface area contributed by atoms with Crippen LogP contribution in [-0.2, 0) is 17.6 Å². The number of pyridine rings is 1. The van der Waals surface area contributed by atoms with Crippen molar-refractivity contribution in [3.8, 4) is 0 Å². The maximum atomic E-state index is 5.47. The van der Waals surface area contributed by atoms with Gasteiger partial charge in [-0.3, -0.25) is 0 Å². The SMILES string of the molecule is CCOC(C)CNc1ccc2c(n1)CCC2. The molecule has 0 saturated heterocycles. The van der Waals surface area contributed by atoms with E-state index in [2.05, 4.69) is 29.4 Å². The molecule has 0 saturated carbocycles. The molecule has 1 aromatic heterocycles. The molecule has 1 aliphatic rings. The number of aryl methyl sites for hydroxylation is 2. The molecule has 1 N–H and O–H groups in total. The molecule has 0 amide bonds. The summed E-state index contributed by atoms with van der Waals surface area (Å²) >= 11 is 0. The standard InChI is InChI=1S/C13H20N2O/c1-3-16-10(2)9-14-13-8-7-11-5-4-6-12(11)15-13/h7-8,10H,3-6,9H2,1-2H3,(H,14,15). The van der Waals surface area contributed by atoms with Crippen molar-refractivity contribution in [2.24, 2.45) is 0 Å². The van der Waals surface area contributed by atoms with Gasteiger partial charge in [-0.1, -0.05) is 6.07 Å². The number of hydrogen-bond acceptors (Lipinski definition) is 3. The molecule has 3 heteroatoms. The molecular formula is C13H20N2O. The lowest BCUT2D eigenvalue weighted by atomic mass is 10.2. The normalized spacial score (nSPS) is 15.9. The highest BCUT2D eigenvalue weighted by atomic mass is 16.5. The number of hydrogen-bond donors (Lipinski definition) is 1. The third-order valence-corrected chi connectivity index (χ3v) is 2.95. The van der Waals surface area contributed by atoms with Gasteiger partial charge in [-0.15, -0.1) is 0 Å².